The van der Waals surface area contributed by atoms with Gasteiger partial charge in [0, 0.05) is 24.9 Å². The van der Waals surface area contributed by atoms with E-state index in [1.54, 1.807) is 6.08 Å². The summed E-state index contributed by atoms with van der Waals surface area (Å²) in [5.74, 6) is -0.912. The molecule has 1 heterocycles. The van der Waals surface area contributed by atoms with Crippen LogP contribution in [0.3, 0.4) is 0 Å². The van der Waals surface area contributed by atoms with Gasteiger partial charge in [0.25, 0.3) is 0 Å². The Hall–Kier alpha value is -1.77. The van der Waals surface area contributed by atoms with E-state index in [1.807, 2.05) is 12.1 Å². The van der Waals surface area contributed by atoms with Crippen LogP contribution >= 0.6 is 0 Å². The second-order valence-corrected chi connectivity index (χ2v) is 4.31. The molecule has 0 aromatic heterocycles. The van der Waals surface area contributed by atoms with Gasteiger partial charge in [-0.05, 0) is 43.0 Å². The number of benzene rings is 1. The predicted octanol–water partition coefficient (Wildman–Crippen LogP) is 2.77. The van der Waals surface area contributed by atoms with Gasteiger partial charge in [-0.25, -0.2) is 4.79 Å². The number of hydrogen-bond donors (Lipinski definition) is 1. The van der Waals surface area contributed by atoms with E-state index < -0.39 is 5.97 Å². The van der Waals surface area contributed by atoms with Gasteiger partial charge < -0.3 is 10.0 Å². The zero-order valence-electron chi connectivity index (χ0n) is 9.80. The first kappa shape index (κ1) is 11.7. The van der Waals surface area contributed by atoms with Crippen LogP contribution in [0.15, 0.2) is 30.3 Å². The highest BCUT2D eigenvalue weighted by atomic mass is 16.4. The highest BCUT2D eigenvalue weighted by molar-refractivity contribution is 5.85. The van der Waals surface area contributed by atoms with Crippen LogP contribution in [0.4, 0.5) is 5.69 Å². The Balaban J connectivity index is 2.04. The molecule has 0 amide bonds. The van der Waals surface area contributed by atoms with Crippen molar-refractivity contribution in [1.82, 2.24) is 0 Å². The van der Waals surface area contributed by atoms with Crippen LogP contribution in [-0.2, 0) is 4.79 Å². The van der Waals surface area contributed by atoms with Crippen molar-refractivity contribution in [2.45, 2.75) is 19.3 Å². The lowest BCUT2D eigenvalue weighted by molar-refractivity contribution is -0.131. The Morgan fingerprint density at radius 1 is 1.12 bits per heavy atom. The smallest absolute Gasteiger partial charge is 0.328 e. The summed E-state index contributed by atoms with van der Waals surface area (Å²) in [5, 5.41) is 8.54. The molecule has 1 aromatic carbocycles. The maximum atomic E-state index is 10.4. The molecule has 0 bridgehead atoms. The first-order valence-electron chi connectivity index (χ1n) is 6.02. The molecule has 0 saturated carbocycles. The summed E-state index contributed by atoms with van der Waals surface area (Å²) in [6.45, 7) is 2.26. The summed E-state index contributed by atoms with van der Waals surface area (Å²) in [5.41, 5.74) is 2.16. The molecule has 1 aromatic rings. The molecule has 1 aliphatic heterocycles. The van der Waals surface area contributed by atoms with Crippen LogP contribution in [0.1, 0.15) is 24.8 Å². The summed E-state index contributed by atoms with van der Waals surface area (Å²) in [6, 6.07) is 8.05. The van der Waals surface area contributed by atoms with Gasteiger partial charge in [-0.15, -0.1) is 0 Å². The van der Waals surface area contributed by atoms with Gasteiger partial charge >= 0.3 is 5.97 Å². The second kappa shape index (κ2) is 5.53. The average Bonchev–Trinajstić information content (AvgIpc) is 2.38. The van der Waals surface area contributed by atoms with Gasteiger partial charge in [0.15, 0.2) is 0 Å². The van der Waals surface area contributed by atoms with E-state index in [0.29, 0.717) is 0 Å². The van der Waals surface area contributed by atoms with Gasteiger partial charge in [-0.3, -0.25) is 0 Å². The van der Waals surface area contributed by atoms with Crippen molar-refractivity contribution in [3.63, 3.8) is 0 Å². The fourth-order valence-corrected chi connectivity index (χ4v) is 2.12. The maximum absolute atomic E-state index is 10.4. The predicted molar refractivity (Wildman–Crippen MR) is 69.2 cm³/mol. The molecule has 3 nitrogen and oxygen atoms in total. The summed E-state index contributed by atoms with van der Waals surface area (Å²) < 4.78 is 0. The summed E-state index contributed by atoms with van der Waals surface area (Å²) in [4.78, 5) is 12.8. The number of aliphatic carboxylic acids is 1. The number of rotatable bonds is 3. The lowest BCUT2D eigenvalue weighted by Gasteiger charge is -2.28. The molecule has 0 unspecified atom stereocenters. The first-order chi connectivity index (χ1) is 8.25. The van der Waals surface area contributed by atoms with Gasteiger partial charge in [0.05, 0.1) is 0 Å². The highest BCUT2D eigenvalue weighted by Gasteiger charge is 2.09. The van der Waals surface area contributed by atoms with Crippen LogP contribution in [-0.4, -0.2) is 24.2 Å². The Kier molecular flexibility index (Phi) is 3.81. The first-order valence-corrected chi connectivity index (χ1v) is 6.02. The van der Waals surface area contributed by atoms with Crippen LogP contribution < -0.4 is 4.90 Å². The summed E-state index contributed by atoms with van der Waals surface area (Å²) >= 11 is 0. The van der Waals surface area contributed by atoms with E-state index in [0.717, 1.165) is 24.7 Å². The Morgan fingerprint density at radius 3 is 2.35 bits per heavy atom. The lowest BCUT2D eigenvalue weighted by atomic mass is 10.1. The number of anilines is 1. The van der Waals surface area contributed by atoms with E-state index in [2.05, 4.69) is 17.0 Å². The van der Waals surface area contributed by atoms with Crippen LogP contribution in [0.2, 0.25) is 0 Å². The van der Waals surface area contributed by atoms with E-state index in [-0.39, 0.29) is 0 Å². The van der Waals surface area contributed by atoms with Crippen LogP contribution in [0, 0.1) is 0 Å². The summed E-state index contributed by atoms with van der Waals surface area (Å²) in [6.07, 6.45) is 6.63. The van der Waals surface area contributed by atoms with Gasteiger partial charge in [0.1, 0.15) is 0 Å². The van der Waals surface area contributed by atoms with Crippen molar-refractivity contribution >= 4 is 17.7 Å². The monoisotopic (exact) mass is 231 g/mol. The molecule has 0 aliphatic carbocycles. The molecule has 17 heavy (non-hydrogen) atoms. The summed E-state index contributed by atoms with van der Waals surface area (Å²) in [7, 11) is 0. The van der Waals surface area contributed by atoms with E-state index in [1.165, 1.54) is 24.9 Å². The Morgan fingerprint density at radius 2 is 1.76 bits per heavy atom. The molecule has 0 spiro atoms. The molecule has 90 valence electrons. The number of carbonyl (C=O) groups is 1. The molecule has 3 heteroatoms. The highest BCUT2D eigenvalue weighted by Crippen LogP contribution is 2.20. The third-order valence-electron chi connectivity index (χ3n) is 3.03. The normalized spacial score (nSPS) is 16.4. The van der Waals surface area contributed by atoms with Gasteiger partial charge in [-0.2, -0.15) is 0 Å². The molecular weight excluding hydrogens is 214 g/mol. The van der Waals surface area contributed by atoms with Crippen molar-refractivity contribution in [3.05, 3.63) is 35.9 Å². The minimum atomic E-state index is -0.912. The number of nitrogens with zero attached hydrogens (tertiary/aromatic N) is 1. The lowest BCUT2D eigenvalue weighted by Crippen LogP contribution is -2.29. The zero-order chi connectivity index (χ0) is 12.1. The molecule has 1 saturated heterocycles. The van der Waals surface area contributed by atoms with E-state index in [4.69, 9.17) is 5.11 Å². The molecule has 1 aliphatic rings. The molecule has 1 fully saturated rings. The zero-order valence-corrected chi connectivity index (χ0v) is 9.80. The average molecular weight is 231 g/mol. The molecular formula is C14H17NO2. The van der Waals surface area contributed by atoms with Crippen molar-refractivity contribution < 1.29 is 9.90 Å². The Labute approximate surface area is 101 Å². The van der Waals surface area contributed by atoms with Crippen molar-refractivity contribution in [2.75, 3.05) is 18.0 Å². The molecule has 2 rings (SSSR count). The van der Waals surface area contributed by atoms with Crippen molar-refractivity contribution in [2.24, 2.45) is 0 Å². The van der Waals surface area contributed by atoms with Crippen molar-refractivity contribution in [3.8, 4) is 0 Å². The number of carboxylic acids is 1. The molecule has 0 atom stereocenters. The minimum Gasteiger partial charge on any atom is -0.478 e. The van der Waals surface area contributed by atoms with E-state index in [9.17, 15) is 4.79 Å². The number of hydrogen-bond acceptors (Lipinski definition) is 2. The fraction of sp³-hybridized carbons (Fsp3) is 0.357. The fourth-order valence-electron chi connectivity index (χ4n) is 2.12. The minimum absolute atomic E-state index is 0.912. The molecule has 1 N–H and O–H groups in total. The third kappa shape index (κ3) is 3.34. The SMILES string of the molecule is O=C(O)/C=C/c1ccc(N2CCCCC2)cc1. The van der Waals surface area contributed by atoms with Crippen LogP contribution in [0.5, 0.6) is 0 Å². The Bertz CT molecular complexity index is 403. The number of carboxylic acid groups (broad SMARTS) is 1. The quantitative estimate of drug-likeness (QED) is 0.813. The standard InChI is InChI=1S/C14H17NO2/c16-14(17)9-6-12-4-7-13(8-5-12)15-10-2-1-3-11-15/h4-9H,1-3,10-11H2,(H,16,17)/b9-6+. The maximum Gasteiger partial charge on any atom is 0.328 e. The van der Waals surface area contributed by atoms with E-state index >= 15 is 0 Å². The van der Waals surface area contributed by atoms with Crippen LogP contribution in [0.25, 0.3) is 6.08 Å². The topological polar surface area (TPSA) is 40.5 Å². The van der Waals surface area contributed by atoms with Crippen molar-refractivity contribution in [1.29, 1.82) is 0 Å². The third-order valence-corrected chi connectivity index (χ3v) is 3.03. The van der Waals surface area contributed by atoms with Gasteiger partial charge in [0.2, 0.25) is 0 Å². The second-order valence-electron chi connectivity index (χ2n) is 4.31. The largest absolute Gasteiger partial charge is 0.478 e. The van der Waals surface area contributed by atoms with Gasteiger partial charge in [-0.1, -0.05) is 12.1 Å². The molecule has 0 radical (unpaired) electrons. The number of piperidine rings is 1.